The van der Waals surface area contributed by atoms with Crippen LogP contribution in [0.15, 0.2) is 42.5 Å². The summed E-state index contributed by atoms with van der Waals surface area (Å²) < 4.78 is 5.23. The fraction of sp³-hybridized carbons (Fsp3) is 0.133. The Morgan fingerprint density at radius 3 is 2.79 bits per heavy atom. The number of nitrogens with two attached hydrogens (primary N) is 1. The molecule has 0 spiro atoms. The molecule has 0 radical (unpaired) electrons. The van der Waals surface area contributed by atoms with Gasteiger partial charge < -0.3 is 10.5 Å². The Labute approximate surface area is 117 Å². The second-order valence-electron chi connectivity index (χ2n) is 4.30. The molecule has 0 fully saturated rings. The normalized spacial score (nSPS) is 10.2. The lowest BCUT2D eigenvalue weighted by Crippen LogP contribution is -2.06. The van der Waals surface area contributed by atoms with Crippen molar-refractivity contribution < 1.29 is 9.53 Å². The fourth-order valence-electron chi connectivity index (χ4n) is 1.73. The van der Waals surface area contributed by atoms with E-state index in [-0.39, 0.29) is 12.2 Å². The van der Waals surface area contributed by atoms with Crippen LogP contribution >= 0.6 is 11.6 Å². The van der Waals surface area contributed by atoms with Crippen molar-refractivity contribution in [1.29, 1.82) is 0 Å². The number of hydrogen-bond donors (Lipinski definition) is 1. The summed E-state index contributed by atoms with van der Waals surface area (Å²) in [6.45, 7) is 2.20. The first kappa shape index (κ1) is 13.4. The Kier molecular flexibility index (Phi) is 4.07. The second kappa shape index (κ2) is 5.76. The Hall–Kier alpha value is -2.00. The van der Waals surface area contributed by atoms with Gasteiger partial charge in [0.05, 0.1) is 10.6 Å². The molecule has 0 bridgehead atoms. The predicted molar refractivity (Wildman–Crippen MR) is 76.2 cm³/mol. The molecule has 0 unspecified atom stereocenters. The van der Waals surface area contributed by atoms with E-state index >= 15 is 0 Å². The molecule has 0 amide bonds. The van der Waals surface area contributed by atoms with Crippen LogP contribution in [-0.2, 0) is 11.3 Å². The van der Waals surface area contributed by atoms with E-state index < -0.39 is 5.97 Å². The van der Waals surface area contributed by atoms with E-state index in [1.165, 1.54) is 6.07 Å². The van der Waals surface area contributed by atoms with Crippen LogP contribution in [0.2, 0.25) is 5.02 Å². The third-order valence-corrected chi connectivity index (χ3v) is 2.99. The fourth-order valence-corrected chi connectivity index (χ4v) is 1.92. The van der Waals surface area contributed by atoms with Crippen molar-refractivity contribution in [3.05, 3.63) is 64.2 Å². The van der Waals surface area contributed by atoms with Gasteiger partial charge in [-0.3, -0.25) is 0 Å². The lowest BCUT2D eigenvalue weighted by molar-refractivity contribution is 0.0473. The summed E-state index contributed by atoms with van der Waals surface area (Å²) in [5.74, 6) is -0.473. The number of benzene rings is 2. The van der Waals surface area contributed by atoms with Gasteiger partial charge in [0.2, 0.25) is 0 Å². The topological polar surface area (TPSA) is 52.3 Å². The summed E-state index contributed by atoms with van der Waals surface area (Å²) in [7, 11) is 0. The summed E-state index contributed by atoms with van der Waals surface area (Å²) >= 11 is 5.94. The second-order valence-corrected chi connectivity index (χ2v) is 4.71. The maximum Gasteiger partial charge on any atom is 0.340 e. The first-order valence-electron chi connectivity index (χ1n) is 5.84. The molecule has 98 valence electrons. The summed E-state index contributed by atoms with van der Waals surface area (Å²) in [5.41, 5.74) is 8.45. The van der Waals surface area contributed by atoms with Gasteiger partial charge in [0.15, 0.2) is 0 Å². The van der Waals surface area contributed by atoms with Crippen LogP contribution in [0.1, 0.15) is 21.5 Å². The Bertz CT molecular complexity index is 611. The average molecular weight is 276 g/mol. The van der Waals surface area contributed by atoms with Gasteiger partial charge in [0.1, 0.15) is 6.61 Å². The molecular formula is C15H14ClNO2. The SMILES string of the molecule is Cc1cccc(COC(=O)c2cc(N)ccc2Cl)c1. The number of nitrogen functional groups attached to an aromatic ring is 1. The zero-order valence-electron chi connectivity index (χ0n) is 10.5. The van der Waals surface area contributed by atoms with Crippen LogP contribution in [-0.4, -0.2) is 5.97 Å². The highest BCUT2D eigenvalue weighted by molar-refractivity contribution is 6.33. The Morgan fingerprint density at radius 1 is 1.26 bits per heavy atom. The molecule has 0 aliphatic carbocycles. The van der Waals surface area contributed by atoms with E-state index in [1.807, 2.05) is 31.2 Å². The highest BCUT2D eigenvalue weighted by Crippen LogP contribution is 2.20. The highest BCUT2D eigenvalue weighted by atomic mass is 35.5. The summed E-state index contributed by atoms with van der Waals surface area (Å²) in [5, 5.41) is 0.337. The third-order valence-electron chi connectivity index (χ3n) is 2.66. The molecule has 2 rings (SSSR count). The first-order chi connectivity index (χ1) is 9.06. The maximum absolute atomic E-state index is 11.9. The molecule has 0 saturated carbocycles. The van der Waals surface area contributed by atoms with Crippen molar-refractivity contribution in [2.45, 2.75) is 13.5 Å². The maximum atomic E-state index is 11.9. The smallest absolute Gasteiger partial charge is 0.340 e. The molecular weight excluding hydrogens is 262 g/mol. The molecule has 0 aliphatic heterocycles. The van der Waals surface area contributed by atoms with Crippen molar-refractivity contribution in [3.63, 3.8) is 0 Å². The van der Waals surface area contributed by atoms with Crippen LogP contribution in [0.4, 0.5) is 5.69 Å². The quantitative estimate of drug-likeness (QED) is 0.688. The van der Waals surface area contributed by atoms with Crippen molar-refractivity contribution in [1.82, 2.24) is 0 Å². The van der Waals surface area contributed by atoms with Crippen LogP contribution in [0.25, 0.3) is 0 Å². The minimum Gasteiger partial charge on any atom is -0.457 e. The number of carbonyl (C=O) groups is 1. The van der Waals surface area contributed by atoms with E-state index in [1.54, 1.807) is 12.1 Å². The minimum absolute atomic E-state index is 0.214. The van der Waals surface area contributed by atoms with Crippen molar-refractivity contribution >= 4 is 23.3 Å². The zero-order valence-corrected chi connectivity index (χ0v) is 11.3. The number of carbonyl (C=O) groups excluding carboxylic acids is 1. The molecule has 0 atom stereocenters. The minimum atomic E-state index is -0.473. The summed E-state index contributed by atoms with van der Waals surface area (Å²) in [4.78, 5) is 11.9. The number of esters is 1. The number of ether oxygens (including phenoxy) is 1. The van der Waals surface area contributed by atoms with E-state index in [0.717, 1.165) is 11.1 Å². The average Bonchev–Trinajstić information content (AvgIpc) is 2.39. The number of hydrogen-bond acceptors (Lipinski definition) is 3. The highest BCUT2D eigenvalue weighted by Gasteiger charge is 2.12. The van der Waals surface area contributed by atoms with Gasteiger partial charge in [-0.2, -0.15) is 0 Å². The van der Waals surface area contributed by atoms with Gasteiger partial charge in [-0.15, -0.1) is 0 Å². The number of rotatable bonds is 3. The van der Waals surface area contributed by atoms with Crippen LogP contribution < -0.4 is 5.73 Å². The van der Waals surface area contributed by atoms with Crippen LogP contribution in [0.3, 0.4) is 0 Å². The predicted octanol–water partition coefficient (Wildman–Crippen LogP) is 3.59. The Balaban J connectivity index is 2.07. The van der Waals surface area contributed by atoms with Crippen LogP contribution in [0, 0.1) is 6.92 Å². The third kappa shape index (κ3) is 3.48. The molecule has 2 N–H and O–H groups in total. The Morgan fingerprint density at radius 2 is 2.05 bits per heavy atom. The molecule has 0 saturated heterocycles. The molecule has 4 heteroatoms. The van der Waals surface area contributed by atoms with E-state index in [4.69, 9.17) is 22.1 Å². The van der Waals surface area contributed by atoms with E-state index in [0.29, 0.717) is 10.7 Å². The van der Waals surface area contributed by atoms with Gasteiger partial charge in [-0.1, -0.05) is 41.4 Å². The van der Waals surface area contributed by atoms with Crippen LogP contribution in [0.5, 0.6) is 0 Å². The first-order valence-corrected chi connectivity index (χ1v) is 6.22. The van der Waals surface area contributed by atoms with Gasteiger partial charge >= 0.3 is 5.97 Å². The number of halogens is 1. The van der Waals surface area contributed by atoms with Gasteiger partial charge in [0.25, 0.3) is 0 Å². The molecule has 0 aliphatic rings. The lowest BCUT2D eigenvalue weighted by atomic mass is 10.1. The lowest BCUT2D eigenvalue weighted by Gasteiger charge is -2.07. The van der Waals surface area contributed by atoms with E-state index in [2.05, 4.69) is 0 Å². The number of aryl methyl sites for hydroxylation is 1. The molecule has 3 nitrogen and oxygen atoms in total. The van der Waals surface area contributed by atoms with Crippen molar-refractivity contribution in [2.75, 3.05) is 5.73 Å². The van der Waals surface area contributed by atoms with E-state index in [9.17, 15) is 4.79 Å². The van der Waals surface area contributed by atoms with Crippen molar-refractivity contribution in [2.24, 2.45) is 0 Å². The molecule has 0 aromatic heterocycles. The number of anilines is 1. The zero-order chi connectivity index (χ0) is 13.8. The standard InChI is InChI=1S/C15H14ClNO2/c1-10-3-2-4-11(7-10)9-19-15(18)13-8-12(17)5-6-14(13)16/h2-8H,9,17H2,1H3. The summed E-state index contributed by atoms with van der Waals surface area (Å²) in [6.07, 6.45) is 0. The van der Waals surface area contributed by atoms with Gasteiger partial charge in [0, 0.05) is 5.69 Å². The molecule has 2 aromatic rings. The largest absolute Gasteiger partial charge is 0.457 e. The molecule has 0 heterocycles. The van der Waals surface area contributed by atoms with Gasteiger partial charge in [-0.05, 0) is 30.7 Å². The van der Waals surface area contributed by atoms with Gasteiger partial charge in [-0.25, -0.2) is 4.79 Å². The molecule has 2 aromatic carbocycles. The molecule has 19 heavy (non-hydrogen) atoms. The summed E-state index contributed by atoms with van der Waals surface area (Å²) in [6, 6.07) is 12.5. The monoisotopic (exact) mass is 275 g/mol. The van der Waals surface area contributed by atoms with Crippen molar-refractivity contribution in [3.8, 4) is 0 Å².